The van der Waals surface area contributed by atoms with Gasteiger partial charge in [0, 0.05) is 43.0 Å². The van der Waals surface area contributed by atoms with E-state index in [-0.39, 0.29) is 17.7 Å². The topological polar surface area (TPSA) is 84.2 Å². The molecule has 0 saturated carbocycles. The molecule has 8 heteroatoms. The summed E-state index contributed by atoms with van der Waals surface area (Å²) in [6.07, 6.45) is 3.97. The van der Waals surface area contributed by atoms with E-state index in [0.29, 0.717) is 31.7 Å². The van der Waals surface area contributed by atoms with Gasteiger partial charge in [-0.1, -0.05) is 30.3 Å². The molecule has 33 heavy (non-hydrogen) atoms. The molecule has 2 aliphatic rings. The van der Waals surface area contributed by atoms with E-state index in [1.165, 1.54) is 0 Å². The van der Waals surface area contributed by atoms with Crippen molar-refractivity contribution in [3.8, 4) is 0 Å². The molecule has 8 nitrogen and oxygen atoms in total. The van der Waals surface area contributed by atoms with E-state index in [0.717, 1.165) is 47.8 Å². The summed E-state index contributed by atoms with van der Waals surface area (Å²) in [5.74, 6) is 1.47. The zero-order valence-electron chi connectivity index (χ0n) is 19.1. The van der Waals surface area contributed by atoms with Crippen molar-refractivity contribution >= 4 is 17.6 Å². The Morgan fingerprint density at radius 1 is 1.15 bits per heavy atom. The van der Waals surface area contributed by atoms with Gasteiger partial charge in [-0.3, -0.25) is 19.2 Å². The lowest BCUT2D eigenvalue weighted by Crippen LogP contribution is -2.40. The van der Waals surface area contributed by atoms with Gasteiger partial charge in [-0.25, -0.2) is 9.97 Å². The highest BCUT2D eigenvalue weighted by atomic mass is 16.2. The number of hydrogen-bond acceptors (Lipinski definition) is 5. The molecule has 0 radical (unpaired) electrons. The van der Waals surface area contributed by atoms with Crippen LogP contribution in [-0.4, -0.2) is 49.6 Å². The fourth-order valence-electron chi connectivity index (χ4n) is 4.69. The summed E-state index contributed by atoms with van der Waals surface area (Å²) < 4.78 is 1.76. The number of hydrogen-bond donors (Lipinski definition) is 0. The number of carbonyl (C=O) groups excluding carboxylic acids is 2. The summed E-state index contributed by atoms with van der Waals surface area (Å²) in [6.45, 7) is 6.44. The molecular formula is C25H28N6O2. The minimum Gasteiger partial charge on any atom is -0.337 e. The Morgan fingerprint density at radius 2 is 1.97 bits per heavy atom. The van der Waals surface area contributed by atoms with Crippen molar-refractivity contribution in [3.05, 3.63) is 70.9 Å². The van der Waals surface area contributed by atoms with Crippen LogP contribution in [0, 0.1) is 6.92 Å². The van der Waals surface area contributed by atoms with Crippen molar-refractivity contribution in [2.45, 2.75) is 52.1 Å². The van der Waals surface area contributed by atoms with Crippen molar-refractivity contribution in [3.63, 3.8) is 0 Å². The standard InChI is InChI=1S/C25H28N6O2/c1-3-30-13-11-21(28-30)25(33)29-12-7-10-19(16-29)23-26-17(2)20-14-22(32)31(24(20)27-23)15-18-8-5-4-6-9-18/h4-6,8-9,11,13,19H,3,7,10,12,14-16H2,1-2H3/t19-/m0/s1. The third kappa shape index (κ3) is 4.13. The zero-order chi connectivity index (χ0) is 22.9. The average Bonchev–Trinajstić information content (AvgIpc) is 3.45. The Balaban J connectivity index is 1.39. The maximum absolute atomic E-state index is 13.0. The lowest BCUT2D eigenvalue weighted by molar-refractivity contribution is -0.117. The molecule has 0 bridgehead atoms. The Labute approximate surface area is 193 Å². The largest absolute Gasteiger partial charge is 0.337 e. The molecule has 0 spiro atoms. The number of rotatable bonds is 5. The fraction of sp³-hybridized carbons (Fsp3) is 0.400. The van der Waals surface area contributed by atoms with Gasteiger partial charge in [0.25, 0.3) is 5.91 Å². The summed E-state index contributed by atoms with van der Waals surface area (Å²) >= 11 is 0. The number of benzene rings is 1. The van der Waals surface area contributed by atoms with Gasteiger partial charge in [0.1, 0.15) is 17.3 Å². The molecule has 3 aromatic rings. The van der Waals surface area contributed by atoms with Crippen LogP contribution in [0.3, 0.4) is 0 Å². The smallest absolute Gasteiger partial charge is 0.274 e. The highest BCUT2D eigenvalue weighted by Gasteiger charge is 2.34. The van der Waals surface area contributed by atoms with Crippen LogP contribution >= 0.6 is 0 Å². The zero-order valence-corrected chi connectivity index (χ0v) is 19.1. The predicted molar refractivity (Wildman–Crippen MR) is 124 cm³/mol. The number of aromatic nitrogens is 4. The third-order valence-electron chi connectivity index (χ3n) is 6.54. The first-order valence-corrected chi connectivity index (χ1v) is 11.6. The molecule has 0 aliphatic carbocycles. The van der Waals surface area contributed by atoms with Crippen LogP contribution in [0.5, 0.6) is 0 Å². The van der Waals surface area contributed by atoms with Gasteiger partial charge in [-0.2, -0.15) is 5.10 Å². The van der Waals surface area contributed by atoms with Crippen molar-refractivity contribution in [1.29, 1.82) is 0 Å². The normalized spacial score (nSPS) is 18.0. The molecule has 0 N–H and O–H groups in total. The Hall–Kier alpha value is -3.55. The molecule has 0 unspecified atom stereocenters. The van der Waals surface area contributed by atoms with Crippen LogP contribution in [-0.2, 0) is 24.3 Å². The van der Waals surface area contributed by atoms with Crippen LogP contribution in [0.1, 0.15) is 58.8 Å². The molecule has 4 heterocycles. The number of anilines is 1. The van der Waals surface area contributed by atoms with Gasteiger partial charge in [0.2, 0.25) is 5.91 Å². The highest BCUT2D eigenvalue weighted by molar-refractivity contribution is 6.00. The molecule has 1 aromatic carbocycles. The van der Waals surface area contributed by atoms with Crippen molar-refractivity contribution in [1.82, 2.24) is 24.6 Å². The van der Waals surface area contributed by atoms with E-state index < -0.39 is 0 Å². The molecule has 2 aromatic heterocycles. The van der Waals surface area contributed by atoms with Crippen LogP contribution in [0.4, 0.5) is 5.82 Å². The van der Waals surface area contributed by atoms with E-state index in [2.05, 4.69) is 5.10 Å². The highest BCUT2D eigenvalue weighted by Crippen LogP contribution is 2.33. The van der Waals surface area contributed by atoms with Crippen LogP contribution in [0.2, 0.25) is 0 Å². The number of carbonyl (C=O) groups is 2. The van der Waals surface area contributed by atoms with Gasteiger partial charge >= 0.3 is 0 Å². The molecule has 2 amide bonds. The monoisotopic (exact) mass is 444 g/mol. The van der Waals surface area contributed by atoms with Gasteiger partial charge in [0.15, 0.2) is 0 Å². The van der Waals surface area contributed by atoms with Crippen molar-refractivity contribution in [2.75, 3.05) is 18.0 Å². The number of amides is 2. The summed E-state index contributed by atoms with van der Waals surface area (Å²) in [7, 11) is 0. The minimum atomic E-state index is -0.0503. The Kier molecular flexibility index (Phi) is 5.66. The second kappa shape index (κ2) is 8.77. The van der Waals surface area contributed by atoms with Gasteiger partial charge in [0.05, 0.1) is 13.0 Å². The predicted octanol–water partition coefficient (Wildman–Crippen LogP) is 3.11. The Morgan fingerprint density at radius 3 is 2.73 bits per heavy atom. The van der Waals surface area contributed by atoms with Gasteiger partial charge < -0.3 is 4.90 Å². The molecule has 1 fully saturated rings. The van der Waals surface area contributed by atoms with E-state index >= 15 is 0 Å². The Bertz CT molecular complexity index is 1190. The molecule has 170 valence electrons. The number of fused-ring (bicyclic) bond motifs is 1. The van der Waals surface area contributed by atoms with E-state index in [4.69, 9.17) is 9.97 Å². The number of likely N-dealkylation sites (tertiary alicyclic amines) is 1. The van der Waals surface area contributed by atoms with Gasteiger partial charge in [-0.15, -0.1) is 0 Å². The first-order valence-electron chi connectivity index (χ1n) is 11.6. The van der Waals surface area contributed by atoms with Crippen molar-refractivity contribution in [2.24, 2.45) is 0 Å². The van der Waals surface area contributed by atoms with E-state index in [1.54, 1.807) is 15.6 Å². The van der Waals surface area contributed by atoms with Gasteiger partial charge in [-0.05, 0) is 38.3 Å². The SMILES string of the molecule is CCn1ccc(C(=O)N2CCC[C@H](c3nc(C)c4c(n3)N(Cc3ccccc3)C(=O)C4)C2)n1. The average molecular weight is 445 g/mol. The third-order valence-corrected chi connectivity index (χ3v) is 6.54. The van der Waals surface area contributed by atoms with Crippen LogP contribution in [0.15, 0.2) is 42.6 Å². The second-order valence-electron chi connectivity index (χ2n) is 8.76. The quantitative estimate of drug-likeness (QED) is 0.604. The molecule has 1 atom stereocenters. The second-order valence-corrected chi connectivity index (χ2v) is 8.76. The minimum absolute atomic E-state index is 0.0363. The summed E-state index contributed by atoms with van der Waals surface area (Å²) in [5, 5.41) is 4.37. The summed E-state index contributed by atoms with van der Waals surface area (Å²) in [6, 6.07) is 11.7. The van der Waals surface area contributed by atoms with E-state index in [9.17, 15) is 9.59 Å². The molecule has 5 rings (SSSR count). The maximum atomic E-state index is 13.0. The number of piperidine rings is 1. The molecule has 2 aliphatic heterocycles. The summed E-state index contributed by atoms with van der Waals surface area (Å²) in [5.41, 5.74) is 3.30. The van der Waals surface area contributed by atoms with E-state index in [1.807, 2.05) is 55.3 Å². The van der Waals surface area contributed by atoms with Crippen LogP contribution in [0.25, 0.3) is 0 Å². The van der Waals surface area contributed by atoms with Crippen molar-refractivity contribution < 1.29 is 9.59 Å². The lowest BCUT2D eigenvalue weighted by atomic mass is 9.96. The molecular weight excluding hydrogens is 416 g/mol. The fourth-order valence-corrected chi connectivity index (χ4v) is 4.69. The first kappa shape index (κ1) is 21.3. The molecule has 1 saturated heterocycles. The number of aryl methyl sites for hydroxylation is 2. The maximum Gasteiger partial charge on any atom is 0.274 e. The lowest BCUT2D eigenvalue weighted by Gasteiger charge is -2.32. The number of nitrogens with zero attached hydrogens (tertiary/aromatic N) is 6. The van der Waals surface area contributed by atoms with Crippen LogP contribution < -0.4 is 4.90 Å². The first-order chi connectivity index (χ1) is 16.0. The summed E-state index contributed by atoms with van der Waals surface area (Å²) in [4.78, 5) is 39.1.